The molecule has 0 saturated carbocycles. The molecule has 0 radical (unpaired) electrons. The number of aromatic hydroxyl groups is 1. The Labute approximate surface area is 427 Å². The van der Waals surface area contributed by atoms with E-state index >= 15 is 0 Å². The van der Waals surface area contributed by atoms with Gasteiger partial charge < -0.3 is 24.1 Å². The van der Waals surface area contributed by atoms with Crippen LogP contribution in [-0.2, 0) is 45.4 Å². The van der Waals surface area contributed by atoms with E-state index in [0.29, 0.717) is 11.1 Å². The van der Waals surface area contributed by atoms with Gasteiger partial charge in [0.25, 0.3) is 0 Å². The van der Waals surface area contributed by atoms with E-state index in [0.717, 1.165) is 73.0 Å². The summed E-state index contributed by atoms with van der Waals surface area (Å²) in [5, 5.41) is 12.8. The lowest BCUT2D eigenvalue weighted by molar-refractivity contribution is -0.572. The maximum atomic E-state index is 12.8. The second-order valence-corrected chi connectivity index (χ2v) is 18.3. The van der Waals surface area contributed by atoms with Crippen LogP contribution in [-0.4, -0.2) is 10.1 Å². The Balaban J connectivity index is 1.13. The molecule has 73 heavy (non-hydrogen) atoms. The second-order valence-electron chi connectivity index (χ2n) is 18.3. The number of aromatic nitrogens is 2. The minimum absolute atomic E-state index is 0.0362. The summed E-state index contributed by atoms with van der Waals surface area (Å²) in [5.74, 6) is 0.0843. The first kappa shape index (κ1) is 47.0. The van der Waals surface area contributed by atoms with Crippen molar-refractivity contribution in [3.8, 4) is 45.1 Å². The summed E-state index contributed by atoms with van der Waals surface area (Å²) in [5.41, 5.74) is 13.4. The Bertz CT molecular complexity index is 3170. The van der Waals surface area contributed by atoms with Gasteiger partial charge in [-0.1, -0.05) is 194 Å². The van der Waals surface area contributed by atoms with E-state index in [1.54, 1.807) is 0 Å². The van der Waals surface area contributed by atoms with E-state index in [-0.39, 0.29) is 32.2 Å². The number of fused-ring (bicyclic) bond motifs is 4. The van der Waals surface area contributed by atoms with E-state index < -0.39 is 24.4 Å². The van der Waals surface area contributed by atoms with E-state index in [1.807, 2.05) is 109 Å². The number of hydrogen-bond donors (Lipinski definition) is 1. The van der Waals surface area contributed by atoms with E-state index in [2.05, 4.69) is 150 Å². The minimum Gasteiger partial charge on any atom is -0.507 e. The zero-order valence-corrected chi connectivity index (χ0v) is 40.4. The van der Waals surface area contributed by atoms with E-state index in [4.69, 9.17) is 23.9 Å². The number of phenolic OH excluding ortho intramolecular Hbond substituents is 1. The molecule has 358 valence electrons. The normalized spacial score (nSPS) is 17.5. The van der Waals surface area contributed by atoms with Crippen molar-refractivity contribution in [3.05, 3.63) is 300 Å². The van der Waals surface area contributed by atoms with Crippen LogP contribution in [0.4, 0.5) is 0 Å². The van der Waals surface area contributed by atoms with Crippen molar-refractivity contribution >= 4 is 0 Å². The van der Waals surface area contributed by atoms with Crippen LogP contribution in [0.5, 0.6) is 5.75 Å². The molecule has 3 heterocycles. The molecule has 2 unspecified atom stereocenters. The van der Waals surface area contributed by atoms with Gasteiger partial charge in [-0.2, -0.15) is 4.57 Å². The van der Waals surface area contributed by atoms with Crippen LogP contribution in [0.1, 0.15) is 69.2 Å². The van der Waals surface area contributed by atoms with Crippen LogP contribution in [0.2, 0.25) is 0 Å². The first-order valence-corrected chi connectivity index (χ1v) is 24.9. The molecule has 11 rings (SSSR count). The Morgan fingerprint density at radius 1 is 0.329 bits per heavy atom. The molecule has 0 amide bonds. The SMILES string of the molecule is Oc1c2cc(-[n+]3c(-c4ccccc4)cc(-c4ccccc4)cc3-c3ccccc3)cc1CO[C@H](c1ccccc1)C(c1ccccc1)OCc1cccc(n1)CO[C@H](c1ccccc1)C(c1ccccc1)OC2. The summed E-state index contributed by atoms with van der Waals surface area (Å²) in [6, 6.07) is 86.7. The second kappa shape index (κ2) is 22.4. The molecule has 8 aromatic carbocycles. The summed E-state index contributed by atoms with van der Waals surface area (Å²) >= 11 is 0. The molecule has 0 saturated heterocycles. The Morgan fingerprint density at radius 2 is 0.644 bits per heavy atom. The van der Waals surface area contributed by atoms with Crippen LogP contribution < -0.4 is 4.57 Å². The highest BCUT2D eigenvalue weighted by Gasteiger charge is 2.32. The number of phenols is 1. The Kier molecular flexibility index (Phi) is 14.4. The van der Waals surface area contributed by atoms with Crippen LogP contribution in [0.25, 0.3) is 39.3 Å². The molecule has 2 aromatic heterocycles. The lowest BCUT2D eigenvalue weighted by Crippen LogP contribution is -2.37. The average Bonchev–Trinajstić information content (AvgIpc) is 3.46. The van der Waals surface area contributed by atoms with Crippen molar-refractivity contribution in [3.63, 3.8) is 0 Å². The number of rotatable bonds is 8. The largest absolute Gasteiger partial charge is 0.507 e. The van der Waals surface area contributed by atoms with Gasteiger partial charge in [0, 0.05) is 46.5 Å². The van der Waals surface area contributed by atoms with Crippen molar-refractivity contribution in [1.29, 1.82) is 0 Å². The summed E-state index contributed by atoms with van der Waals surface area (Å²) in [6.45, 7) is 0.495. The highest BCUT2D eigenvalue weighted by atomic mass is 16.5. The summed E-state index contributed by atoms with van der Waals surface area (Å²) in [4.78, 5) is 5.07. The topological polar surface area (TPSA) is 73.9 Å². The summed E-state index contributed by atoms with van der Waals surface area (Å²) < 4.78 is 30.7. The quantitative estimate of drug-likeness (QED) is 0.153. The number of pyridine rings is 2. The molecule has 7 nitrogen and oxygen atoms in total. The van der Waals surface area contributed by atoms with Gasteiger partial charge in [0.2, 0.25) is 17.1 Å². The molecular weight excluding hydrogens is 901 g/mol. The molecular formula is C66H55N2O5+. The fourth-order valence-electron chi connectivity index (χ4n) is 9.81. The van der Waals surface area contributed by atoms with Gasteiger partial charge in [0.1, 0.15) is 30.2 Å². The number of ether oxygens (including phenoxy) is 4. The third kappa shape index (κ3) is 10.8. The van der Waals surface area contributed by atoms with Gasteiger partial charge in [0.15, 0.2) is 0 Å². The zero-order valence-electron chi connectivity index (χ0n) is 40.4. The van der Waals surface area contributed by atoms with E-state index in [1.165, 1.54) is 0 Å². The van der Waals surface area contributed by atoms with Crippen LogP contribution in [0.15, 0.2) is 255 Å². The van der Waals surface area contributed by atoms with Gasteiger partial charge in [0.05, 0.1) is 37.8 Å². The lowest BCUT2D eigenvalue weighted by atomic mass is 9.97. The fraction of sp³-hybridized carbons (Fsp3) is 0.121. The van der Waals surface area contributed by atoms with Crippen molar-refractivity contribution in [2.24, 2.45) is 0 Å². The number of nitrogens with zero attached hydrogens (tertiary/aromatic N) is 2. The fourth-order valence-corrected chi connectivity index (χ4v) is 9.81. The lowest BCUT2D eigenvalue weighted by Gasteiger charge is -2.30. The molecule has 4 atom stereocenters. The Hall–Kier alpha value is -8.30. The molecule has 4 bridgehead atoms. The maximum absolute atomic E-state index is 12.8. The third-order valence-corrected chi connectivity index (χ3v) is 13.4. The van der Waals surface area contributed by atoms with Gasteiger partial charge in [-0.05, 0) is 69.8 Å². The number of benzene rings is 8. The smallest absolute Gasteiger partial charge is 0.219 e. The first-order chi connectivity index (χ1) is 36.1. The molecule has 0 aliphatic carbocycles. The van der Waals surface area contributed by atoms with Gasteiger partial charge in [-0.25, -0.2) is 0 Å². The van der Waals surface area contributed by atoms with Gasteiger partial charge in [-0.3, -0.25) is 4.98 Å². The monoisotopic (exact) mass is 955 g/mol. The molecule has 1 aliphatic heterocycles. The number of hydrogen-bond acceptors (Lipinski definition) is 6. The van der Waals surface area contributed by atoms with Gasteiger partial charge in [-0.15, -0.1) is 0 Å². The standard InChI is InChI=1S/C66H54N2O5/c69-62-55-39-59(68-60(48-25-10-2-11-26-48)41-54(47-23-8-1-9-24-47)42-61(68)49-27-12-3-13-28-49)40-56(62)44-71-64(51-31-16-5-17-32-51)66(53-35-20-7-21-36-53)73-46-58-38-22-37-57(67-58)45-72-65(52-33-18-6-19-34-52)63(70-43-55)50-29-14-4-15-30-50/h1-42,63-66H,43-46H2/p+1/t63-,64?,65?,66-/m1/s1. The average molecular weight is 956 g/mol. The van der Waals surface area contributed by atoms with E-state index in [9.17, 15) is 5.11 Å². The minimum atomic E-state index is -0.594. The predicted molar refractivity (Wildman–Crippen MR) is 286 cm³/mol. The molecule has 10 aromatic rings. The zero-order chi connectivity index (χ0) is 49.2. The molecule has 1 aliphatic rings. The van der Waals surface area contributed by atoms with Crippen molar-refractivity contribution < 1.29 is 28.6 Å². The molecule has 0 fully saturated rings. The van der Waals surface area contributed by atoms with Gasteiger partial charge >= 0.3 is 0 Å². The molecule has 1 N–H and O–H groups in total. The highest BCUT2D eigenvalue weighted by molar-refractivity contribution is 5.74. The molecule has 7 heteroatoms. The predicted octanol–water partition coefficient (Wildman–Crippen LogP) is 14.8. The Morgan fingerprint density at radius 3 is 1.00 bits per heavy atom. The summed E-state index contributed by atoms with van der Waals surface area (Å²) in [7, 11) is 0. The highest BCUT2D eigenvalue weighted by Crippen LogP contribution is 2.41. The van der Waals surface area contributed by atoms with Crippen LogP contribution in [0, 0.1) is 0 Å². The van der Waals surface area contributed by atoms with Crippen molar-refractivity contribution in [2.75, 3.05) is 0 Å². The summed E-state index contributed by atoms with van der Waals surface area (Å²) in [6.07, 6.45) is -2.30. The molecule has 0 spiro atoms. The first-order valence-electron chi connectivity index (χ1n) is 24.9. The maximum Gasteiger partial charge on any atom is 0.219 e. The van der Waals surface area contributed by atoms with Crippen LogP contribution >= 0.6 is 0 Å². The van der Waals surface area contributed by atoms with Crippen LogP contribution in [0.3, 0.4) is 0 Å². The van der Waals surface area contributed by atoms with Crippen molar-refractivity contribution in [2.45, 2.75) is 50.8 Å². The third-order valence-electron chi connectivity index (χ3n) is 13.4. The van der Waals surface area contributed by atoms with Crippen molar-refractivity contribution in [1.82, 2.24) is 4.98 Å².